The van der Waals surface area contributed by atoms with E-state index in [1.807, 2.05) is 0 Å². The first-order chi connectivity index (χ1) is 7.55. The fraction of sp³-hybridized carbons (Fsp3) is 0.818. The summed E-state index contributed by atoms with van der Waals surface area (Å²) in [6.45, 7) is 7.48. The average molecular weight is 257 g/mol. The molecule has 0 aromatic carbocycles. The molecule has 16 heavy (non-hydrogen) atoms. The van der Waals surface area contributed by atoms with Crippen LogP contribution in [0.25, 0.3) is 0 Å². The Morgan fingerprint density at radius 1 is 1.44 bits per heavy atom. The summed E-state index contributed by atoms with van der Waals surface area (Å²) in [4.78, 5) is 4.53. The number of nitrogens with zero attached hydrogens (tertiary/aromatic N) is 2. The lowest BCUT2D eigenvalue weighted by atomic mass is 9.96. The maximum absolute atomic E-state index is 4.53. The highest BCUT2D eigenvalue weighted by molar-refractivity contribution is 7.99. The third kappa shape index (κ3) is 3.10. The maximum atomic E-state index is 4.53. The molecular weight excluding hydrogens is 238 g/mol. The SMILES string of the molecule is CC(C)(C)c1nsc(NCC2CCSC2)n1. The van der Waals surface area contributed by atoms with Crippen LogP contribution < -0.4 is 5.32 Å². The zero-order valence-corrected chi connectivity index (χ0v) is 11.7. The fourth-order valence-electron chi connectivity index (χ4n) is 1.58. The minimum atomic E-state index is 0.0552. The van der Waals surface area contributed by atoms with Gasteiger partial charge in [0.25, 0.3) is 0 Å². The lowest BCUT2D eigenvalue weighted by molar-refractivity contribution is 0.554. The van der Waals surface area contributed by atoms with Crippen LogP contribution in [-0.4, -0.2) is 27.4 Å². The van der Waals surface area contributed by atoms with Gasteiger partial charge in [0.15, 0.2) is 0 Å². The molecule has 1 unspecified atom stereocenters. The van der Waals surface area contributed by atoms with E-state index in [2.05, 4.69) is 47.2 Å². The molecule has 1 aromatic rings. The number of nitrogens with one attached hydrogen (secondary N) is 1. The lowest BCUT2D eigenvalue weighted by Crippen LogP contribution is -2.15. The zero-order chi connectivity index (χ0) is 11.6. The summed E-state index contributed by atoms with van der Waals surface area (Å²) in [6, 6.07) is 0. The minimum Gasteiger partial charge on any atom is -0.360 e. The van der Waals surface area contributed by atoms with Crippen molar-refractivity contribution < 1.29 is 0 Å². The van der Waals surface area contributed by atoms with Crippen molar-refractivity contribution in [3.05, 3.63) is 5.82 Å². The van der Waals surface area contributed by atoms with E-state index in [1.165, 1.54) is 29.5 Å². The van der Waals surface area contributed by atoms with Crippen molar-refractivity contribution in [1.29, 1.82) is 0 Å². The number of aromatic nitrogens is 2. The minimum absolute atomic E-state index is 0.0552. The molecule has 0 amide bonds. The van der Waals surface area contributed by atoms with Crippen molar-refractivity contribution in [2.75, 3.05) is 23.4 Å². The lowest BCUT2D eigenvalue weighted by Gasteiger charge is -2.12. The van der Waals surface area contributed by atoms with Crippen LogP contribution in [0.15, 0.2) is 0 Å². The van der Waals surface area contributed by atoms with Gasteiger partial charge in [-0.15, -0.1) is 0 Å². The van der Waals surface area contributed by atoms with Crippen LogP contribution >= 0.6 is 23.3 Å². The molecule has 1 aliphatic heterocycles. The second kappa shape index (κ2) is 4.92. The molecule has 1 N–H and O–H groups in total. The summed E-state index contributed by atoms with van der Waals surface area (Å²) in [7, 11) is 0. The van der Waals surface area contributed by atoms with Gasteiger partial charge in [0.2, 0.25) is 5.13 Å². The van der Waals surface area contributed by atoms with E-state index in [-0.39, 0.29) is 5.41 Å². The molecule has 0 bridgehead atoms. The second-order valence-corrected chi connectivity index (χ2v) is 7.19. The molecule has 3 nitrogen and oxygen atoms in total. The van der Waals surface area contributed by atoms with E-state index in [0.717, 1.165) is 23.4 Å². The number of thioether (sulfide) groups is 1. The van der Waals surface area contributed by atoms with E-state index < -0.39 is 0 Å². The molecule has 90 valence electrons. The van der Waals surface area contributed by atoms with Crippen molar-refractivity contribution in [1.82, 2.24) is 9.36 Å². The molecule has 1 saturated heterocycles. The van der Waals surface area contributed by atoms with Crippen molar-refractivity contribution in [2.45, 2.75) is 32.6 Å². The van der Waals surface area contributed by atoms with E-state index in [0.29, 0.717) is 0 Å². The Hall–Kier alpha value is -0.290. The number of rotatable bonds is 3. The van der Waals surface area contributed by atoms with E-state index in [1.54, 1.807) is 0 Å². The Bertz CT molecular complexity index is 337. The predicted octanol–water partition coefficient (Wildman–Crippen LogP) is 3.00. The molecule has 5 heteroatoms. The van der Waals surface area contributed by atoms with Gasteiger partial charge in [-0.2, -0.15) is 16.1 Å². The van der Waals surface area contributed by atoms with Crippen molar-refractivity contribution in [3.63, 3.8) is 0 Å². The van der Waals surface area contributed by atoms with E-state index >= 15 is 0 Å². The van der Waals surface area contributed by atoms with E-state index in [4.69, 9.17) is 0 Å². The third-order valence-corrected chi connectivity index (χ3v) is 4.57. The molecule has 1 atom stereocenters. The van der Waals surface area contributed by atoms with Crippen molar-refractivity contribution in [3.8, 4) is 0 Å². The summed E-state index contributed by atoms with van der Waals surface area (Å²) < 4.78 is 4.40. The monoisotopic (exact) mass is 257 g/mol. The first kappa shape index (κ1) is 12.2. The predicted molar refractivity (Wildman–Crippen MR) is 72.5 cm³/mol. The van der Waals surface area contributed by atoms with E-state index in [9.17, 15) is 0 Å². The van der Waals surface area contributed by atoms with Crippen LogP contribution in [-0.2, 0) is 5.41 Å². The van der Waals surface area contributed by atoms with Gasteiger partial charge >= 0.3 is 0 Å². The van der Waals surface area contributed by atoms with Gasteiger partial charge in [0.1, 0.15) is 5.82 Å². The van der Waals surface area contributed by atoms with Crippen LogP contribution in [0.2, 0.25) is 0 Å². The molecule has 1 fully saturated rings. The summed E-state index contributed by atoms with van der Waals surface area (Å²) >= 11 is 3.53. The van der Waals surface area contributed by atoms with Crippen LogP contribution in [0, 0.1) is 5.92 Å². The van der Waals surface area contributed by atoms with Gasteiger partial charge in [-0.3, -0.25) is 0 Å². The Morgan fingerprint density at radius 3 is 2.81 bits per heavy atom. The summed E-state index contributed by atoms with van der Waals surface area (Å²) in [6.07, 6.45) is 1.34. The first-order valence-electron chi connectivity index (χ1n) is 5.71. The van der Waals surface area contributed by atoms with Gasteiger partial charge in [-0.1, -0.05) is 20.8 Å². The van der Waals surface area contributed by atoms with Gasteiger partial charge in [-0.25, -0.2) is 4.98 Å². The smallest absolute Gasteiger partial charge is 0.202 e. The quantitative estimate of drug-likeness (QED) is 0.903. The highest BCUT2D eigenvalue weighted by Gasteiger charge is 2.20. The molecule has 0 aliphatic carbocycles. The zero-order valence-electron chi connectivity index (χ0n) is 10.1. The summed E-state index contributed by atoms with van der Waals surface area (Å²) in [5, 5.41) is 4.38. The van der Waals surface area contributed by atoms with Crippen LogP contribution in [0.5, 0.6) is 0 Å². The van der Waals surface area contributed by atoms with Gasteiger partial charge in [-0.05, 0) is 23.8 Å². The van der Waals surface area contributed by atoms with Gasteiger partial charge in [0.05, 0.1) is 0 Å². The molecule has 1 aliphatic rings. The standard InChI is InChI=1S/C11H19N3S2/c1-11(2,3)9-13-10(16-14-9)12-6-8-4-5-15-7-8/h8H,4-7H2,1-3H3,(H,12,13,14). The average Bonchev–Trinajstić information content (AvgIpc) is 2.85. The highest BCUT2D eigenvalue weighted by atomic mass is 32.2. The molecule has 0 saturated carbocycles. The highest BCUT2D eigenvalue weighted by Crippen LogP contribution is 2.25. The first-order valence-corrected chi connectivity index (χ1v) is 7.64. The number of anilines is 1. The third-order valence-electron chi connectivity index (χ3n) is 2.66. The topological polar surface area (TPSA) is 37.8 Å². The molecule has 2 heterocycles. The second-order valence-electron chi connectivity index (χ2n) is 5.28. The molecule has 0 spiro atoms. The number of hydrogen-bond donors (Lipinski definition) is 1. The molecular formula is C11H19N3S2. The van der Waals surface area contributed by atoms with Crippen LogP contribution in [0.4, 0.5) is 5.13 Å². The number of hydrogen-bond acceptors (Lipinski definition) is 5. The fourth-order valence-corrected chi connectivity index (χ4v) is 3.62. The Morgan fingerprint density at radius 2 is 2.25 bits per heavy atom. The Kier molecular flexibility index (Phi) is 3.74. The van der Waals surface area contributed by atoms with Crippen LogP contribution in [0.1, 0.15) is 33.0 Å². The molecule has 2 rings (SSSR count). The normalized spacial score (nSPS) is 21.3. The van der Waals surface area contributed by atoms with Gasteiger partial charge in [0, 0.05) is 23.5 Å². The van der Waals surface area contributed by atoms with Crippen molar-refractivity contribution in [2.24, 2.45) is 5.92 Å². The summed E-state index contributed by atoms with van der Waals surface area (Å²) in [5.74, 6) is 4.36. The molecule has 0 radical (unpaired) electrons. The maximum Gasteiger partial charge on any atom is 0.202 e. The largest absolute Gasteiger partial charge is 0.360 e. The molecule has 1 aromatic heterocycles. The Labute approximate surface area is 106 Å². The Balaban J connectivity index is 1.87. The van der Waals surface area contributed by atoms with Crippen LogP contribution in [0.3, 0.4) is 0 Å². The summed E-state index contributed by atoms with van der Waals surface area (Å²) in [5.41, 5.74) is 0.0552. The van der Waals surface area contributed by atoms with Gasteiger partial charge < -0.3 is 5.32 Å². The van der Waals surface area contributed by atoms with Crippen molar-refractivity contribution >= 4 is 28.4 Å².